The van der Waals surface area contributed by atoms with Crippen LogP contribution in [0.4, 0.5) is 0 Å². The molecule has 0 radical (unpaired) electrons. The van der Waals surface area contributed by atoms with E-state index in [1.54, 1.807) is 12.1 Å². The van der Waals surface area contributed by atoms with Crippen LogP contribution in [0.3, 0.4) is 0 Å². The molecule has 0 aliphatic heterocycles. The zero-order chi connectivity index (χ0) is 21.8. The van der Waals surface area contributed by atoms with Crippen LogP contribution in [-0.2, 0) is 24.5 Å². The van der Waals surface area contributed by atoms with Crippen LogP contribution in [-0.4, -0.2) is 20.6 Å². The smallest absolute Gasteiger partial charge is 0.335 e. The first-order valence-corrected chi connectivity index (χ1v) is 11.0. The first kappa shape index (κ1) is 21.6. The van der Waals surface area contributed by atoms with Gasteiger partial charge in [-0.15, -0.1) is 11.3 Å². The van der Waals surface area contributed by atoms with E-state index in [-0.39, 0.29) is 5.56 Å². The fraction of sp³-hybridized carbons (Fsp3) is 0.130. The molecule has 0 fully saturated rings. The van der Waals surface area contributed by atoms with Crippen LogP contribution in [0.5, 0.6) is 0 Å². The minimum atomic E-state index is -0.942. The molecule has 31 heavy (non-hydrogen) atoms. The molecule has 0 saturated carbocycles. The van der Waals surface area contributed by atoms with Crippen LogP contribution in [0.15, 0.2) is 66.9 Å². The number of hydrogen-bond donors (Lipinski definition) is 1. The molecule has 1 N–H and O–H groups in total. The van der Waals surface area contributed by atoms with Gasteiger partial charge in [-0.1, -0.05) is 47.5 Å². The minimum absolute atomic E-state index is 0.259. The van der Waals surface area contributed by atoms with Crippen molar-refractivity contribution in [2.45, 2.75) is 19.8 Å². The maximum Gasteiger partial charge on any atom is 0.335 e. The lowest BCUT2D eigenvalue weighted by Crippen LogP contribution is -2.02. The predicted molar refractivity (Wildman–Crippen MR) is 123 cm³/mol. The van der Waals surface area contributed by atoms with Crippen LogP contribution in [0, 0.1) is 0 Å². The van der Waals surface area contributed by atoms with Crippen molar-refractivity contribution in [2.75, 3.05) is 0 Å². The Hall–Kier alpha value is -2.64. The highest BCUT2D eigenvalue weighted by atomic mass is 35.5. The number of benzene rings is 2. The van der Waals surface area contributed by atoms with Gasteiger partial charge in [0.15, 0.2) is 5.82 Å². The number of imidazole rings is 1. The molecule has 0 amide bonds. The first-order chi connectivity index (χ1) is 15.0. The quantitative estimate of drug-likeness (QED) is 0.323. The van der Waals surface area contributed by atoms with E-state index >= 15 is 0 Å². The van der Waals surface area contributed by atoms with E-state index in [1.807, 2.05) is 59.3 Å². The van der Waals surface area contributed by atoms with Crippen molar-refractivity contribution in [3.63, 3.8) is 0 Å². The van der Waals surface area contributed by atoms with E-state index < -0.39 is 5.97 Å². The largest absolute Gasteiger partial charge is 0.478 e. The molecule has 2 aromatic carbocycles. The maximum atomic E-state index is 11.1. The highest BCUT2D eigenvalue weighted by Crippen LogP contribution is 2.31. The van der Waals surface area contributed by atoms with Crippen molar-refractivity contribution in [3.05, 3.63) is 98.6 Å². The SMILES string of the molecule is O=C(O)c1ccc(Cn2cc(COCc3cccc(Cl)c3)nc2-c2ccc(Cl)s2)cc1. The summed E-state index contributed by atoms with van der Waals surface area (Å²) in [7, 11) is 0. The Morgan fingerprint density at radius 2 is 1.84 bits per heavy atom. The molecule has 158 valence electrons. The van der Waals surface area contributed by atoms with E-state index in [0.29, 0.717) is 29.1 Å². The van der Waals surface area contributed by atoms with Crippen molar-refractivity contribution in [3.8, 4) is 10.7 Å². The Kier molecular flexibility index (Phi) is 6.73. The van der Waals surface area contributed by atoms with Gasteiger partial charge in [0.2, 0.25) is 0 Å². The summed E-state index contributed by atoms with van der Waals surface area (Å²) in [6.07, 6.45) is 1.95. The Bertz CT molecular complexity index is 1200. The highest BCUT2D eigenvalue weighted by molar-refractivity contribution is 7.19. The number of thiophene rings is 1. The van der Waals surface area contributed by atoms with Gasteiger partial charge in [-0.25, -0.2) is 9.78 Å². The van der Waals surface area contributed by atoms with Gasteiger partial charge < -0.3 is 14.4 Å². The molecule has 0 aliphatic carbocycles. The second-order valence-electron chi connectivity index (χ2n) is 6.91. The average molecular weight is 473 g/mol. The summed E-state index contributed by atoms with van der Waals surface area (Å²) in [5.74, 6) is -0.150. The van der Waals surface area contributed by atoms with Gasteiger partial charge in [0.25, 0.3) is 0 Å². The molecule has 0 bridgehead atoms. The van der Waals surface area contributed by atoms with Crippen molar-refractivity contribution in [1.82, 2.24) is 9.55 Å². The number of hydrogen-bond acceptors (Lipinski definition) is 4. The van der Waals surface area contributed by atoms with E-state index in [9.17, 15) is 4.79 Å². The molecule has 0 saturated heterocycles. The second-order valence-corrected chi connectivity index (χ2v) is 9.06. The molecule has 8 heteroatoms. The molecule has 2 aromatic heterocycles. The summed E-state index contributed by atoms with van der Waals surface area (Å²) < 4.78 is 8.55. The van der Waals surface area contributed by atoms with Gasteiger partial charge in [0.1, 0.15) is 0 Å². The Morgan fingerprint density at radius 1 is 1.03 bits per heavy atom. The number of aromatic carboxylic acids is 1. The van der Waals surface area contributed by atoms with E-state index in [2.05, 4.69) is 0 Å². The monoisotopic (exact) mass is 472 g/mol. The molecule has 0 unspecified atom stereocenters. The lowest BCUT2D eigenvalue weighted by Gasteiger charge is -2.07. The topological polar surface area (TPSA) is 64.3 Å². The van der Waals surface area contributed by atoms with Gasteiger partial charge in [-0.05, 0) is 47.5 Å². The number of rotatable bonds is 8. The van der Waals surface area contributed by atoms with E-state index in [0.717, 1.165) is 27.5 Å². The number of halogens is 2. The Balaban J connectivity index is 1.53. The van der Waals surface area contributed by atoms with Gasteiger partial charge in [0, 0.05) is 17.8 Å². The van der Waals surface area contributed by atoms with Gasteiger partial charge in [-0.3, -0.25) is 0 Å². The molecular weight excluding hydrogens is 455 g/mol. The normalized spacial score (nSPS) is 11.0. The summed E-state index contributed by atoms with van der Waals surface area (Å²) >= 11 is 13.6. The van der Waals surface area contributed by atoms with Crippen LogP contribution in [0.2, 0.25) is 9.36 Å². The lowest BCUT2D eigenvalue weighted by atomic mass is 10.1. The molecule has 4 rings (SSSR count). The van der Waals surface area contributed by atoms with Crippen LogP contribution in [0.1, 0.15) is 27.2 Å². The molecule has 0 spiro atoms. The summed E-state index contributed by atoms with van der Waals surface area (Å²) in [6.45, 7) is 1.33. The predicted octanol–water partition coefficient (Wildman–Crippen LogP) is 6.38. The van der Waals surface area contributed by atoms with Crippen molar-refractivity contribution >= 4 is 40.5 Å². The standard InChI is InChI=1S/C23H18Cl2N2O3S/c24-18-3-1-2-16(10-18)13-30-14-19-12-27(22(26-19)20-8-9-21(25)31-20)11-15-4-6-17(7-5-15)23(28)29/h1-10,12H,11,13-14H2,(H,28,29). The molecule has 4 aromatic rings. The number of carboxylic acid groups (broad SMARTS) is 1. The van der Waals surface area contributed by atoms with E-state index in [4.69, 9.17) is 38.0 Å². The molecule has 5 nitrogen and oxygen atoms in total. The maximum absolute atomic E-state index is 11.1. The van der Waals surface area contributed by atoms with Gasteiger partial charge >= 0.3 is 5.97 Å². The van der Waals surface area contributed by atoms with Gasteiger partial charge in [0.05, 0.1) is 33.7 Å². The molecule has 2 heterocycles. The summed E-state index contributed by atoms with van der Waals surface area (Å²) in [4.78, 5) is 16.8. The minimum Gasteiger partial charge on any atom is -0.478 e. The highest BCUT2D eigenvalue weighted by Gasteiger charge is 2.14. The number of aromatic nitrogens is 2. The second kappa shape index (κ2) is 9.66. The fourth-order valence-electron chi connectivity index (χ4n) is 3.14. The van der Waals surface area contributed by atoms with Crippen molar-refractivity contribution in [1.29, 1.82) is 0 Å². The number of carboxylic acids is 1. The average Bonchev–Trinajstić information content (AvgIpc) is 3.34. The third kappa shape index (κ3) is 5.54. The zero-order valence-corrected chi connectivity index (χ0v) is 18.6. The number of nitrogens with zero attached hydrogens (tertiary/aromatic N) is 2. The fourth-order valence-corrected chi connectivity index (χ4v) is 4.40. The number of carbonyl (C=O) groups is 1. The van der Waals surface area contributed by atoms with Crippen molar-refractivity contribution < 1.29 is 14.6 Å². The van der Waals surface area contributed by atoms with Gasteiger partial charge in [-0.2, -0.15) is 0 Å². The third-order valence-corrected chi connectivity index (χ3v) is 6.04. The summed E-state index contributed by atoms with van der Waals surface area (Å²) in [5, 5.41) is 9.77. The lowest BCUT2D eigenvalue weighted by molar-refractivity contribution is 0.0697. The zero-order valence-electron chi connectivity index (χ0n) is 16.3. The molecule has 0 aliphatic rings. The van der Waals surface area contributed by atoms with Crippen LogP contribution >= 0.6 is 34.5 Å². The molecule has 0 atom stereocenters. The summed E-state index contributed by atoms with van der Waals surface area (Å²) in [5.41, 5.74) is 3.02. The molecular formula is C23H18Cl2N2O3S. The van der Waals surface area contributed by atoms with Crippen LogP contribution < -0.4 is 0 Å². The first-order valence-electron chi connectivity index (χ1n) is 9.44. The van der Waals surface area contributed by atoms with Crippen LogP contribution in [0.25, 0.3) is 10.7 Å². The Labute approximate surface area is 193 Å². The summed E-state index contributed by atoms with van der Waals surface area (Å²) in [6, 6.07) is 18.2. The van der Waals surface area contributed by atoms with E-state index in [1.165, 1.54) is 11.3 Å². The third-order valence-electron chi connectivity index (χ3n) is 4.58. The number of ether oxygens (including phenoxy) is 1. The van der Waals surface area contributed by atoms with Crippen molar-refractivity contribution in [2.24, 2.45) is 0 Å². The Morgan fingerprint density at radius 3 is 2.52 bits per heavy atom.